The van der Waals surface area contributed by atoms with Gasteiger partial charge in [0.25, 0.3) is 0 Å². The summed E-state index contributed by atoms with van der Waals surface area (Å²) in [5, 5.41) is 14.5. The number of rotatable bonds is 5. The Hall–Kier alpha value is -2.41. The Bertz CT molecular complexity index is 843. The van der Waals surface area contributed by atoms with Crippen LogP contribution in [0.15, 0.2) is 29.8 Å². The standard InChI is InChI=1S/C18H20N2O4S/c1-3-24-11-5-7-14-15(9-11)25-18(19-14)20-16(21)13-8-10(2)4-6-12(13)17(22)23/h4-5,7,9,12-13H,3,6,8H2,1-2H3,(H,22,23)(H,19,20,21)/p-1/t12-,13-/m0/s1. The van der Waals surface area contributed by atoms with Crippen LogP contribution in [0.5, 0.6) is 5.75 Å². The number of allylic oxidation sites excluding steroid dienone is 2. The summed E-state index contributed by atoms with van der Waals surface area (Å²) in [6.07, 6.45) is 2.60. The van der Waals surface area contributed by atoms with Crippen molar-refractivity contribution in [1.29, 1.82) is 0 Å². The average molecular weight is 359 g/mol. The Labute approximate surface area is 149 Å². The number of carbonyl (C=O) groups excluding carboxylic acids is 2. The molecule has 2 aromatic rings. The van der Waals surface area contributed by atoms with Gasteiger partial charge < -0.3 is 20.0 Å². The van der Waals surface area contributed by atoms with Crippen LogP contribution >= 0.6 is 11.3 Å². The molecule has 132 valence electrons. The summed E-state index contributed by atoms with van der Waals surface area (Å²) < 4.78 is 6.37. The molecule has 25 heavy (non-hydrogen) atoms. The molecule has 1 N–H and O–H groups in total. The number of benzene rings is 1. The first kappa shape index (κ1) is 17.4. The zero-order chi connectivity index (χ0) is 18.0. The van der Waals surface area contributed by atoms with Gasteiger partial charge in [-0.3, -0.25) is 4.79 Å². The van der Waals surface area contributed by atoms with Gasteiger partial charge in [0.1, 0.15) is 5.75 Å². The first-order valence-electron chi connectivity index (χ1n) is 8.18. The van der Waals surface area contributed by atoms with Gasteiger partial charge in [-0.25, -0.2) is 4.98 Å². The number of aromatic nitrogens is 1. The highest BCUT2D eigenvalue weighted by Crippen LogP contribution is 2.33. The quantitative estimate of drug-likeness (QED) is 0.828. The summed E-state index contributed by atoms with van der Waals surface area (Å²) in [7, 11) is 0. The predicted octanol–water partition coefficient (Wildman–Crippen LogP) is 2.36. The van der Waals surface area contributed by atoms with Crippen LogP contribution < -0.4 is 15.2 Å². The second-order valence-electron chi connectivity index (χ2n) is 6.09. The lowest BCUT2D eigenvalue weighted by Gasteiger charge is -2.29. The maximum atomic E-state index is 12.6. The molecule has 6 nitrogen and oxygen atoms in total. The highest BCUT2D eigenvalue weighted by molar-refractivity contribution is 7.22. The zero-order valence-corrected chi connectivity index (χ0v) is 14.9. The minimum atomic E-state index is -1.19. The molecular weight excluding hydrogens is 340 g/mol. The number of hydrogen-bond acceptors (Lipinski definition) is 6. The minimum absolute atomic E-state index is 0.323. The number of hydrogen-bond donors (Lipinski definition) is 1. The molecule has 0 bridgehead atoms. The minimum Gasteiger partial charge on any atom is -0.550 e. The van der Waals surface area contributed by atoms with E-state index >= 15 is 0 Å². The molecule has 3 rings (SSSR count). The molecule has 0 saturated carbocycles. The first-order chi connectivity index (χ1) is 12.0. The zero-order valence-electron chi connectivity index (χ0n) is 14.1. The van der Waals surface area contributed by atoms with Crippen molar-refractivity contribution in [3.05, 3.63) is 29.8 Å². The Balaban J connectivity index is 1.78. The van der Waals surface area contributed by atoms with E-state index in [0.717, 1.165) is 21.5 Å². The largest absolute Gasteiger partial charge is 0.550 e. The van der Waals surface area contributed by atoms with Crippen LogP contribution in [0.25, 0.3) is 10.2 Å². The normalized spacial score (nSPS) is 20.2. The molecule has 1 aliphatic carbocycles. The third kappa shape index (κ3) is 3.82. The number of fused-ring (bicyclic) bond motifs is 1. The molecule has 1 aliphatic rings. The van der Waals surface area contributed by atoms with E-state index in [9.17, 15) is 14.7 Å². The first-order valence-corrected chi connectivity index (χ1v) is 9.00. The van der Waals surface area contributed by atoms with Gasteiger partial charge in [0.05, 0.1) is 22.7 Å². The maximum Gasteiger partial charge on any atom is 0.230 e. The van der Waals surface area contributed by atoms with Crippen LogP contribution in [0, 0.1) is 11.8 Å². The van der Waals surface area contributed by atoms with E-state index in [1.54, 1.807) is 0 Å². The highest BCUT2D eigenvalue weighted by atomic mass is 32.1. The number of nitrogens with zero attached hydrogens (tertiary/aromatic N) is 1. The summed E-state index contributed by atoms with van der Waals surface area (Å²) in [4.78, 5) is 28.3. The number of carboxylic acids is 1. The van der Waals surface area contributed by atoms with Gasteiger partial charge in [0.15, 0.2) is 5.13 Å². The molecule has 7 heteroatoms. The van der Waals surface area contributed by atoms with Crippen molar-refractivity contribution < 1.29 is 19.4 Å². The number of ether oxygens (including phenoxy) is 1. The molecule has 1 aromatic carbocycles. The van der Waals surface area contributed by atoms with Crippen molar-refractivity contribution in [2.75, 3.05) is 11.9 Å². The third-order valence-corrected chi connectivity index (χ3v) is 5.22. The van der Waals surface area contributed by atoms with Gasteiger partial charge in [-0.15, -0.1) is 0 Å². The molecule has 1 aromatic heterocycles. The fourth-order valence-corrected chi connectivity index (χ4v) is 3.91. The second kappa shape index (κ2) is 7.23. The lowest BCUT2D eigenvalue weighted by molar-refractivity contribution is -0.313. The van der Waals surface area contributed by atoms with Crippen molar-refractivity contribution in [1.82, 2.24) is 4.98 Å². The van der Waals surface area contributed by atoms with E-state index in [-0.39, 0.29) is 5.91 Å². The number of nitrogens with one attached hydrogen (secondary N) is 1. The van der Waals surface area contributed by atoms with E-state index in [4.69, 9.17) is 4.74 Å². The monoisotopic (exact) mass is 359 g/mol. The molecule has 2 atom stereocenters. The molecule has 0 spiro atoms. The summed E-state index contributed by atoms with van der Waals surface area (Å²) in [6.45, 7) is 4.39. The Kier molecular flexibility index (Phi) is 5.03. The second-order valence-corrected chi connectivity index (χ2v) is 7.12. The van der Waals surface area contributed by atoms with Gasteiger partial charge in [-0.1, -0.05) is 23.0 Å². The average Bonchev–Trinajstić information content (AvgIpc) is 2.96. The summed E-state index contributed by atoms with van der Waals surface area (Å²) in [5.41, 5.74) is 1.78. The fourth-order valence-electron chi connectivity index (χ4n) is 3.01. The van der Waals surface area contributed by atoms with Crippen LogP contribution in [0.3, 0.4) is 0 Å². The lowest BCUT2D eigenvalue weighted by atomic mass is 9.79. The molecule has 0 unspecified atom stereocenters. The van der Waals surface area contributed by atoms with Crippen LogP contribution in [-0.4, -0.2) is 23.5 Å². The van der Waals surface area contributed by atoms with Crippen molar-refractivity contribution in [3.8, 4) is 5.75 Å². The highest BCUT2D eigenvalue weighted by Gasteiger charge is 2.32. The number of aliphatic carboxylic acids is 1. The number of anilines is 1. The number of carboxylic acid groups (broad SMARTS) is 1. The number of carbonyl (C=O) groups is 2. The topological polar surface area (TPSA) is 91.3 Å². The van der Waals surface area contributed by atoms with Crippen molar-refractivity contribution >= 4 is 38.6 Å². The van der Waals surface area contributed by atoms with E-state index in [2.05, 4.69) is 10.3 Å². The lowest BCUT2D eigenvalue weighted by Crippen LogP contribution is -2.42. The SMILES string of the molecule is CCOc1ccc2nc(NC(=O)[C@H]3CC(C)=CC[C@@H]3C(=O)[O-])sc2c1. The summed E-state index contributed by atoms with van der Waals surface area (Å²) in [6, 6.07) is 5.55. The van der Waals surface area contributed by atoms with Crippen LogP contribution in [-0.2, 0) is 9.59 Å². The molecule has 1 heterocycles. The summed E-state index contributed by atoms with van der Waals surface area (Å²) >= 11 is 1.34. The van der Waals surface area contributed by atoms with E-state index in [0.29, 0.717) is 24.6 Å². The van der Waals surface area contributed by atoms with Gasteiger partial charge in [0, 0.05) is 11.9 Å². The van der Waals surface area contributed by atoms with E-state index in [1.165, 1.54) is 11.3 Å². The smallest absolute Gasteiger partial charge is 0.230 e. The van der Waals surface area contributed by atoms with Crippen molar-refractivity contribution in [2.45, 2.75) is 26.7 Å². The molecule has 0 radical (unpaired) electrons. The summed E-state index contributed by atoms with van der Waals surface area (Å²) in [5.74, 6) is -2.20. The van der Waals surface area contributed by atoms with Crippen LogP contribution in [0.4, 0.5) is 5.13 Å². The van der Waals surface area contributed by atoms with Crippen LogP contribution in [0.2, 0.25) is 0 Å². The van der Waals surface area contributed by atoms with Gasteiger partial charge in [-0.2, -0.15) is 0 Å². The number of amides is 1. The van der Waals surface area contributed by atoms with Crippen molar-refractivity contribution in [3.63, 3.8) is 0 Å². The Morgan fingerprint density at radius 3 is 2.92 bits per heavy atom. The van der Waals surface area contributed by atoms with Crippen LogP contribution in [0.1, 0.15) is 26.7 Å². The van der Waals surface area contributed by atoms with Gasteiger partial charge >= 0.3 is 0 Å². The van der Waals surface area contributed by atoms with Crippen molar-refractivity contribution in [2.24, 2.45) is 11.8 Å². The predicted molar refractivity (Wildman–Crippen MR) is 94.4 cm³/mol. The third-order valence-electron chi connectivity index (χ3n) is 4.29. The van der Waals surface area contributed by atoms with E-state index < -0.39 is 17.8 Å². The molecule has 1 amide bonds. The van der Waals surface area contributed by atoms with Gasteiger partial charge in [0.2, 0.25) is 5.91 Å². The maximum absolute atomic E-state index is 12.6. The van der Waals surface area contributed by atoms with Gasteiger partial charge in [-0.05, 0) is 44.9 Å². The molecular formula is C18H19N2O4S-. The fraction of sp³-hybridized carbons (Fsp3) is 0.389. The Morgan fingerprint density at radius 2 is 2.20 bits per heavy atom. The molecule has 0 aliphatic heterocycles. The molecule has 0 saturated heterocycles. The number of thiazole rings is 1. The Morgan fingerprint density at radius 1 is 1.40 bits per heavy atom. The van der Waals surface area contributed by atoms with E-state index in [1.807, 2.05) is 38.1 Å². The molecule has 0 fully saturated rings.